The van der Waals surface area contributed by atoms with Gasteiger partial charge in [-0.3, -0.25) is 0 Å². The average molecular weight is 356 g/mol. The van der Waals surface area contributed by atoms with Crippen LogP contribution in [-0.4, -0.2) is 34.4 Å². The van der Waals surface area contributed by atoms with Gasteiger partial charge in [0, 0.05) is 24.7 Å². The molecule has 1 aromatic heterocycles. The van der Waals surface area contributed by atoms with Crippen molar-refractivity contribution in [3.05, 3.63) is 59.1 Å². The van der Waals surface area contributed by atoms with E-state index >= 15 is 0 Å². The van der Waals surface area contributed by atoms with E-state index in [4.69, 9.17) is 16.6 Å². The third-order valence-electron chi connectivity index (χ3n) is 4.92. The molecule has 0 radical (unpaired) electrons. The predicted molar refractivity (Wildman–Crippen MR) is 102 cm³/mol. The second-order valence-corrected chi connectivity index (χ2v) is 7.19. The molecule has 2 aromatic carbocycles. The van der Waals surface area contributed by atoms with Crippen molar-refractivity contribution < 1.29 is 5.11 Å². The minimum Gasteiger partial charge on any atom is -0.396 e. The van der Waals surface area contributed by atoms with Crippen LogP contribution in [-0.2, 0) is 6.54 Å². The first kappa shape index (κ1) is 16.4. The maximum absolute atomic E-state index is 9.56. The number of fused-ring (bicyclic) bond motifs is 1. The van der Waals surface area contributed by atoms with Crippen LogP contribution < -0.4 is 4.90 Å². The van der Waals surface area contributed by atoms with Crippen LogP contribution in [0.3, 0.4) is 0 Å². The van der Waals surface area contributed by atoms with Crippen molar-refractivity contribution in [3.63, 3.8) is 0 Å². The molecule has 0 aliphatic carbocycles. The Hall–Kier alpha value is -2.04. The van der Waals surface area contributed by atoms with Crippen LogP contribution >= 0.6 is 11.6 Å². The van der Waals surface area contributed by atoms with E-state index in [0.29, 0.717) is 5.92 Å². The molecule has 130 valence electrons. The number of anilines is 1. The fourth-order valence-corrected chi connectivity index (χ4v) is 3.89. The highest BCUT2D eigenvalue weighted by atomic mass is 35.5. The van der Waals surface area contributed by atoms with Gasteiger partial charge in [-0.05, 0) is 48.6 Å². The number of halogens is 1. The van der Waals surface area contributed by atoms with E-state index in [1.807, 2.05) is 24.3 Å². The fourth-order valence-electron chi connectivity index (χ4n) is 3.67. The van der Waals surface area contributed by atoms with Gasteiger partial charge in [-0.1, -0.05) is 35.9 Å². The Morgan fingerprint density at radius 1 is 1.16 bits per heavy atom. The van der Waals surface area contributed by atoms with Crippen molar-refractivity contribution >= 4 is 28.6 Å². The Kier molecular flexibility index (Phi) is 4.64. The lowest BCUT2D eigenvalue weighted by atomic mass is 9.99. The zero-order valence-corrected chi connectivity index (χ0v) is 14.9. The molecule has 4 nitrogen and oxygen atoms in total. The van der Waals surface area contributed by atoms with Gasteiger partial charge in [0.15, 0.2) is 0 Å². The van der Waals surface area contributed by atoms with Gasteiger partial charge in [-0.25, -0.2) is 4.98 Å². The molecule has 1 N–H and O–H groups in total. The van der Waals surface area contributed by atoms with Gasteiger partial charge in [0.25, 0.3) is 0 Å². The number of aliphatic hydroxyl groups excluding tert-OH is 1. The number of rotatable bonds is 4. The first-order valence-corrected chi connectivity index (χ1v) is 9.18. The van der Waals surface area contributed by atoms with Gasteiger partial charge >= 0.3 is 0 Å². The Bertz CT molecular complexity index is 876. The summed E-state index contributed by atoms with van der Waals surface area (Å²) >= 11 is 6.17. The molecular formula is C20H22ClN3O. The van der Waals surface area contributed by atoms with Crippen molar-refractivity contribution in [2.45, 2.75) is 19.4 Å². The van der Waals surface area contributed by atoms with Crippen molar-refractivity contribution in [1.82, 2.24) is 9.55 Å². The summed E-state index contributed by atoms with van der Waals surface area (Å²) in [5.41, 5.74) is 3.29. The number of benzene rings is 2. The lowest BCUT2D eigenvalue weighted by Crippen LogP contribution is -2.38. The van der Waals surface area contributed by atoms with Crippen LogP contribution in [0.25, 0.3) is 11.0 Å². The van der Waals surface area contributed by atoms with E-state index in [1.54, 1.807) is 0 Å². The molecule has 1 aliphatic rings. The number of hydrogen-bond donors (Lipinski definition) is 1. The molecule has 1 aliphatic heterocycles. The Balaban J connectivity index is 1.75. The summed E-state index contributed by atoms with van der Waals surface area (Å²) in [4.78, 5) is 7.21. The minimum absolute atomic E-state index is 0.241. The second-order valence-electron chi connectivity index (χ2n) is 6.75. The molecule has 0 saturated carbocycles. The van der Waals surface area contributed by atoms with Crippen molar-refractivity contribution in [3.8, 4) is 0 Å². The third-order valence-corrected chi connectivity index (χ3v) is 5.16. The fraction of sp³-hybridized carbons (Fsp3) is 0.350. The number of aromatic nitrogens is 2. The summed E-state index contributed by atoms with van der Waals surface area (Å²) in [6, 6.07) is 16.2. The highest BCUT2D eigenvalue weighted by Gasteiger charge is 2.24. The molecular weight excluding hydrogens is 334 g/mol. The molecule has 1 atom stereocenters. The summed E-state index contributed by atoms with van der Waals surface area (Å²) in [6.07, 6.45) is 2.17. The lowest BCUT2D eigenvalue weighted by molar-refractivity contribution is 0.208. The molecule has 2 heterocycles. The second kappa shape index (κ2) is 7.06. The standard InChI is InChI=1S/C20H22ClN3O/c21-17-7-3-5-15(11-17)13-24-19-9-2-1-8-18(19)22-20(24)23-10-4-6-16(12-23)14-25/h1-3,5,7-9,11,16,25H,4,6,10,12-14H2/t16-/m1/s1. The zero-order valence-electron chi connectivity index (χ0n) is 14.1. The van der Waals surface area contributed by atoms with Gasteiger partial charge in [0.05, 0.1) is 17.6 Å². The maximum Gasteiger partial charge on any atom is 0.206 e. The summed E-state index contributed by atoms with van der Waals surface area (Å²) in [5, 5.41) is 10.3. The van der Waals surface area contributed by atoms with E-state index < -0.39 is 0 Å². The van der Waals surface area contributed by atoms with Gasteiger partial charge in [-0.15, -0.1) is 0 Å². The first-order valence-electron chi connectivity index (χ1n) is 8.80. The quantitative estimate of drug-likeness (QED) is 0.770. The van der Waals surface area contributed by atoms with Crippen LogP contribution in [0.5, 0.6) is 0 Å². The van der Waals surface area contributed by atoms with Crippen LogP contribution in [0, 0.1) is 5.92 Å². The summed E-state index contributed by atoms with van der Waals surface area (Å²) in [7, 11) is 0. The molecule has 1 fully saturated rings. The molecule has 5 heteroatoms. The predicted octanol–water partition coefficient (Wildman–Crippen LogP) is 3.95. The van der Waals surface area contributed by atoms with E-state index in [2.05, 4.69) is 33.7 Å². The molecule has 0 unspecified atom stereocenters. The third kappa shape index (κ3) is 3.37. The molecule has 0 spiro atoms. The lowest BCUT2D eigenvalue weighted by Gasteiger charge is -2.33. The van der Waals surface area contributed by atoms with E-state index in [0.717, 1.165) is 60.0 Å². The topological polar surface area (TPSA) is 41.3 Å². The number of hydrogen-bond acceptors (Lipinski definition) is 3. The number of imidazole rings is 1. The van der Waals surface area contributed by atoms with Crippen molar-refractivity contribution in [2.24, 2.45) is 5.92 Å². The van der Waals surface area contributed by atoms with Crippen LogP contribution in [0.2, 0.25) is 5.02 Å². The smallest absolute Gasteiger partial charge is 0.206 e. The largest absolute Gasteiger partial charge is 0.396 e. The monoisotopic (exact) mass is 355 g/mol. The summed E-state index contributed by atoms with van der Waals surface area (Å²) < 4.78 is 2.26. The molecule has 1 saturated heterocycles. The SMILES string of the molecule is OC[C@@H]1CCCN(c2nc3ccccc3n2Cc2cccc(Cl)c2)C1. The first-order chi connectivity index (χ1) is 12.2. The summed E-state index contributed by atoms with van der Waals surface area (Å²) in [5.74, 6) is 1.31. The van der Waals surface area contributed by atoms with Crippen molar-refractivity contribution in [1.29, 1.82) is 0 Å². The normalized spacial score (nSPS) is 18.0. The van der Waals surface area contributed by atoms with Crippen LogP contribution in [0.4, 0.5) is 5.95 Å². The molecule has 0 amide bonds. The Labute approximate surface area is 152 Å². The number of piperidine rings is 1. The Morgan fingerprint density at radius 2 is 2.04 bits per heavy atom. The van der Waals surface area contributed by atoms with Gasteiger partial charge in [0.2, 0.25) is 5.95 Å². The van der Waals surface area contributed by atoms with Crippen LogP contribution in [0.1, 0.15) is 18.4 Å². The van der Waals surface area contributed by atoms with Gasteiger partial charge in [-0.2, -0.15) is 0 Å². The molecule has 25 heavy (non-hydrogen) atoms. The highest BCUT2D eigenvalue weighted by Crippen LogP contribution is 2.28. The molecule has 4 rings (SSSR count). The highest BCUT2D eigenvalue weighted by molar-refractivity contribution is 6.30. The van der Waals surface area contributed by atoms with E-state index in [1.165, 1.54) is 0 Å². The molecule has 0 bridgehead atoms. The summed E-state index contributed by atoms with van der Waals surface area (Å²) in [6.45, 7) is 2.81. The number of nitrogens with zero attached hydrogens (tertiary/aromatic N) is 3. The van der Waals surface area contributed by atoms with Gasteiger partial charge in [0.1, 0.15) is 0 Å². The average Bonchev–Trinajstić information content (AvgIpc) is 3.00. The van der Waals surface area contributed by atoms with E-state index in [9.17, 15) is 5.11 Å². The van der Waals surface area contributed by atoms with Gasteiger partial charge < -0.3 is 14.6 Å². The zero-order chi connectivity index (χ0) is 17.2. The maximum atomic E-state index is 9.56. The number of para-hydroxylation sites is 2. The number of aliphatic hydroxyl groups is 1. The van der Waals surface area contributed by atoms with Crippen molar-refractivity contribution in [2.75, 3.05) is 24.6 Å². The molecule has 3 aromatic rings. The Morgan fingerprint density at radius 3 is 2.88 bits per heavy atom. The van der Waals surface area contributed by atoms with E-state index in [-0.39, 0.29) is 6.61 Å². The minimum atomic E-state index is 0.241. The van der Waals surface area contributed by atoms with Crippen LogP contribution in [0.15, 0.2) is 48.5 Å².